The summed E-state index contributed by atoms with van der Waals surface area (Å²) >= 11 is 0. The van der Waals surface area contributed by atoms with Gasteiger partial charge in [-0.2, -0.15) is 0 Å². The summed E-state index contributed by atoms with van der Waals surface area (Å²) in [7, 11) is 0. The Balaban J connectivity index is 1.82. The van der Waals surface area contributed by atoms with Gasteiger partial charge in [0.15, 0.2) is 0 Å². The normalized spacial score (nSPS) is 16.5. The summed E-state index contributed by atoms with van der Waals surface area (Å²) in [5.41, 5.74) is 0.266. The van der Waals surface area contributed by atoms with Crippen LogP contribution in [0.15, 0.2) is 10.5 Å². The van der Waals surface area contributed by atoms with Gasteiger partial charge >= 0.3 is 5.97 Å². The molecule has 17 heavy (non-hydrogen) atoms. The van der Waals surface area contributed by atoms with E-state index in [-0.39, 0.29) is 5.56 Å². The fourth-order valence-electron chi connectivity index (χ4n) is 2.46. The minimum Gasteiger partial charge on any atom is -0.478 e. The Morgan fingerprint density at radius 1 is 1.53 bits per heavy atom. The van der Waals surface area contributed by atoms with Crippen molar-refractivity contribution in [1.29, 1.82) is 0 Å². The summed E-state index contributed by atoms with van der Waals surface area (Å²) in [4.78, 5) is 10.8. The number of carbonyl (C=O) groups is 1. The second kappa shape index (κ2) is 5.36. The fourth-order valence-corrected chi connectivity index (χ4v) is 2.46. The lowest BCUT2D eigenvalue weighted by Gasteiger charge is -2.08. The number of furan rings is 1. The van der Waals surface area contributed by atoms with Gasteiger partial charge in [-0.15, -0.1) is 0 Å². The standard InChI is InChI=1S/C13H19NO3/c1-9-12(13(15)16)6-11(17-9)8-14-7-10-4-2-3-5-10/h6,10,14H,2-5,7-8H2,1H3,(H,15,16). The number of hydrogen-bond donors (Lipinski definition) is 2. The Hall–Kier alpha value is -1.29. The smallest absolute Gasteiger partial charge is 0.339 e. The third kappa shape index (κ3) is 3.09. The molecule has 0 amide bonds. The van der Waals surface area contributed by atoms with Crippen molar-refractivity contribution in [2.45, 2.75) is 39.2 Å². The summed E-state index contributed by atoms with van der Waals surface area (Å²) in [6.07, 6.45) is 5.31. The summed E-state index contributed by atoms with van der Waals surface area (Å²) in [5, 5.41) is 12.2. The van der Waals surface area contributed by atoms with Crippen LogP contribution in [0.5, 0.6) is 0 Å². The molecule has 1 heterocycles. The summed E-state index contributed by atoms with van der Waals surface area (Å²) in [6, 6.07) is 1.61. The average Bonchev–Trinajstić information content (AvgIpc) is 2.88. The van der Waals surface area contributed by atoms with E-state index in [1.807, 2.05) is 0 Å². The van der Waals surface area contributed by atoms with E-state index in [9.17, 15) is 4.79 Å². The molecular weight excluding hydrogens is 218 g/mol. The van der Waals surface area contributed by atoms with Gasteiger partial charge in [0.05, 0.1) is 6.54 Å². The second-order valence-electron chi connectivity index (χ2n) is 4.77. The van der Waals surface area contributed by atoms with Crippen LogP contribution in [0.2, 0.25) is 0 Å². The molecule has 0 spiro atoms. The van der Waals surface area contributed by atoms with E-state index in [4.69, 9.17) is 9.52 Å². The van der Waals surface area contributed by atoms with Gasteiger partial charge in [0.2, 0.25) is 0 Å². The number of rotatable bonds is 5. The SMILES string of the molecule is Cc1oc(CNCC2CCCC2)cc1C(=O)O. The van der Waals surface area contributed by atoms with E-state index in [1.165, 1.54) is 25.7 Å². The molecule has 0 aromatic carbocycles. The highest BCUT2D eigenvalue weighted by Gasteiger charge is 2.16. The van der Waals surface area contributed by atoms with Crippen molar-refractivity contribution in [3.05, 3.63) is 23.2 Å². The lowest BCUT2D eigenvalue weighted by Crippen LogP contribution is -2.20. The summed E-state index contributed by atoms with van der Waals surface area (Å²) in [5.74, 6) is 1.05. The first kappa shape index (κ1) is 12.2. The Morgan fingerprint density at radius 2 is 2.24 bits per heavy atom. The van der Waals surface area contributed by atoms with E-state index in [2.05, 4.69) is 5.32 Å². The molecule has 1 saturated carbocycles. The lowest BCUT2D eigenvalue weighted by atomic mass is 10.1. The van der Waals surface area contributed by atoms with Gasteiger partial charge in [0.1, 0.15) is 17.1 Å². The van der Waals surface area contributed by atoms with Crippen LogP contribution in [0.4, 0.5) is 0 Å². The molecule has 1 aromatic heterocycles. The maximum absolute atomic E-state index is 10.8. The van der Waals surface area contributed by atoms with Gasteiger partial charge in [-0.25, -0.2) is 4.79 Å². The number of nitrogens with one attached hydrogen (secondary N) is 1. The number of aromatic carboxylic acids is 1. The third-order valence-corrected chi connectivity index (χ3v) is 3.41. The third-order valence-electron chi connectivity index (χ3n) is 3.41. The van der Waals surface area contributed by atoms with Gasteiger partial charge in [0, 0.05) is 0 Å². The molecule has 2 rings (SSSR count). The first-order valence-corrected chi connectivity index (χ1v) is 6.20. The van der Waals surface area contributed by atoms with Crippen molar-refractivity contribution in [1.82, 2.24) is 5.32 Å². The first-order chi connectivity index (χ1) is 8.16. The van der Waals surface area contributed by atoms with Crippen molar-refractivity contribution in [3.63, 3.8) is 0 Å². The van der Waals surface area contributed by atoms with Crippen molar-refractivity contribution in [3.8, 4) is 0 Å². The maximum atomic E-state index is 10.8. The molecule has 4 heteroatoms. The Bertz CT molecular complexity index is 391. The highest BCUT2D eigenvalue weighted by molar-refractivity contribution is 5.88. The molecule has 1 aromatic rings. The number of hydrogen-bond acceptors (Lipinski definition) is 3. The van der Waals surface area contributed by atoms with Crippen molar-refractivity contribution >= 4 is 5.97 Å². The molecule has 4 nitrogen and oxygen atoms in total. The molecule has 1 aliphatic rings. The average molecular weight is 237 g/mol. The zero-order chi connectivity index (χ0) is 12.3. The Kier molecular flexibility index (Phi) is 3.84. The Labute approximate surface area is 101 Å². The lowest BCUT2D eigenvalue weighted by molar-refractivity contribution is 0.0695. The van der Waals surface area contributed by atoms with Crippen LogP contribution in [-0.4, -0.2) is 17.6 Å². The van der Waals surface area contributed by atoms with Crippen LogP contribution in [0.1, 0.15) is 47.6 Å². The van der Waals surface area contributed by atoms with Crippen LogP contribution < -0.4 is 5.32 Å². The van der Waals surface area contributed by atoms with Crippen molar-refractivity contribution < 1.29 is 14.3 Å². The Morgan fingerprint density at radius 3 is 2.82 bits per heavy atom. The molecule has 0 unspecified atom stereocenters. The van der Waals surface area contributed by atoms with Crippen molar-refractivity contribution in [2.75, 3.05) is 6.54 Å². The molecule has 1 aliphatic carbocycles. The van der Waals surface area contributed by atoms with E-state index in [0.29, 0.717) is 18.1 Å². The van der Waals surface area contributed by atoms with Crippen LogP contribution in [0, 0.1) is 12.8 Å². The number of carboxylic acid groups (broad SMARTS) is 1. The van der Waals surface area contributed by atoms with Gasteiger partial charge in [0.25, 0.3) is 0 Å². The van der Waals surface area contributed by atoms with Crippen LogP contribution in [0.3, 0.4) is 0 Å². The van der Waals surface area contributed by atoms with Gasteiger partial charge < -0.3 is 14.8 Å². The number of aryl methyl sites for hydroxylation is 1. The minimum absolute atomic E-state index is 0.266. The zero-order valence-electron chi connectivity index (χ0n) is 10.2. The molecule has 0 atom stereocenters. The second-order valence-corrected chi connectivity index (χ2v) is 4.77. The maximum Gasteiger partial charge on any atom is 0.339 e. The predicted molar refractivity (Wildman–Crippen MR) is 64.1 cm³/mol. The van der Waals surface area contributed by atoms with E-state index >= 15 is 0 Å². The molecule has 0 radical (unpaired) electrons. The molecule has 0 saturated heterocycles. The predicted octanol–water partition coefficient (Wildman–Crippen LogP) is 2.57. The molecule has 2 N–H and O–H groups in total. The zero-order valence-corrected chi connectivity index (χ0v) is 10.2. The molecule has 94 valence electrons. The number of carboxylic acids is 1. The first-order valence-electron chi connectivity index (χ1n) is 6.20. The minimum atomic E-state index is -0.923. The summed E-state index contributed by atoms with van der Waals surface area (Å²) in [6.45, 7) is 3.30. The van der Waals surface area contributed by atoms with E-state index < -0.39 is 5.97 Å². The topological polar surface area (TPSA) is 62.5 Å². The largest absolute Gasteiger partial charge is 0.478 e. The highest BCUT2D eigenvalue weighted by Crippen LogP contribution is 2.23. The molecule has 1 fully saturated rings. The molecule has 0 aliphatic heterocycles. The quantitative estimate of drug-likeness (QED) is 0.826. The van der Waals surface area contributed by atoms with Crippen LogP contribution >= 0.6 is 0 Å². The summed E-state index contributed by atoms with van der Waals surface area (Å²) < 4.78 is 5.40. The molecule has 0 bridgehead atoms. The van der Waals surface area contributed by atoms with Crippen LogP contribution in [-0.2, 0) is 6.54 Å². The van der Waals surface area contributed by atoms with E-state index in [1.54, 1.807) is 13.0 Å². The van der Waals surface area contributed by atoms with Gasteiger partial charge in [-0.1, -0.05) is 12.8 Å². The van der Waals surface area contributed by atoms with Crippen molar-refractivity contribution in [2.24, 2.45) is 5.92 Å². The monoisotopic (exact) mass is 237 g/mol. The fraction of sp³-hybridized carbons (Fsp3) is 0.615. The highest BCUT2D eigenvalue weighted by atomic mass is 16.4. The van der Waals surface area contributed by atoms with Gasteiger partial charge in [-0.3, -0.25) is 0 Å². The van der Waals surface area contributed by atoms with E-state index in [0.717, 1.165) is 12.5 Å². The molecular formula is C13H19NO3. The van der Waals surface area contributed by atoms with Gasteiger partial charge in [-0.05, 0) is 38.3 Å². The van der Waals surface area contributed by atoms with Crippen LogP contribution in [0.25, 0.3) is 0 Å².